The van der Waals surface area contributed by atoms with Crippen LogP contribution in [-0.4, -0.2) is 42.2 Å². The van der Waals surface area contributed by atoms with Gasteiger partial charge in [0.1, 0.15) is 0 Å². The molecule has 122 valence electrons. The van der Waals surface area contributed by atoms with Gasteiger partial charge in [0.25, 0.3) is 0 Å². The van der Waals surface area contributed by atoms with Crippen molar-refractivity contribution in [1.29, 1.82) is 0 Å². The zero-order valence-electron chi connectivity index (χ0n) is 13.9. The summed E-state index contributed by atoms with van der Waals surface area (Å²) in [6.07, 6.45) is 2.98. The van der Waals surface area contributed by atoms with E-state index in [9.17, 15) is 4.79 Å². The molecule has 1 saturated heterocycles. The Kier molecular flexibility index (Phi) is 5.53. The third-order valence-electron chi connectivity index (χ3n) is 4.63. The molecule has 1 aromatic rings. The van der Waals surface area contributed by atoms with Crippen molar-refractivity contribution in [3.05, 3.63) is 24.3 Å². The molecule has 0 aromatic heterocycles. The number of hydrogen-bond donors (Lipinski definition) is 2. The minimum absolute atomic E-state index is 0.0446. The van der Waals surface area contributed by atoms with Gasteiger partial charge in [0.15, 0.2) is 0 Å². The molecule has 1 amide bonds. The zero-order chi connectivity index (χ0) is 16.3. The van der Waals surface area contributed by atoms with Crippen LogP contribution in [0.5, 0.6) is 0 Å². The lowest BCUT2D eigenvalue weighted by atomic mass is 9.79. The molecule has 2 atom stereocenters. The summed E-state index contributed by atoms with van der Waals surface area (Å²) in [5.74, 6) is 0.0446. The quantitative estimate of drug-likeness (QED) is 0.837. The molecule has 3 N–H and O–H groups in total. The van der Waals surface area contributed by atoms with Gasteiger partial charge in [-0.05, 0) is 49.3 Å². The first-order valence-electron chi connectivity index (χ1n) is 7.78. The average molecular weight is 321 g/mol. The molecule has 2 rings (SSSR count). The molecule has 1 heterocycles. The summed E-state index contributed by atoms with van der Waals surface area (Å²) in [5, 5.41) is 3.01. The summed E-state index contributed by atoms with van der Waals surface area (Å²) in [4.78, 5) is 15.9. The molecular formula is C17H27N3OS. The van der Waals surface area contributed by atoms with Crippen LogP contribution in [0.3, 0.4) is 0 Å². The van der Waals surface area contributed by atoms with Crippen LogP contribution in [0.15, 0.2) is 29.2 Å². The Labute approximate surface area is 137 Å². The first-order chi connectivity index (χ1) is 10.3. The Morgan fingerprint density at radius 3 is 2.59 bits per heavy atom. The maximum atomic E-state index is 12.5. The molecule has 0 saturated carbocycles. The number of nitrogens with zero attached hydrogens (tertiary/aromatic N) is 1. The highest BCUT2D eigenvalue weighted by atomic mass is 32.2. The highest BCUT2D eigenvalue weighted by Gasteiger charge is 2.36. The van der Waals surface area contributed by atoms with E-state index in [1.54, 1.807) is 11.8 Å². The highest BCUT2D eigenvalue weighted by Crippen LogP contribution is 2.29. The van der Waals surface area contributed by atoms with E-state index < -0.39 is 0 Å². The largest absolute Gasteiger partial charge is 0.327 e. The molecule has 1 aromatic carbocycles. The molecule has 0 aliphatic carbocycles. The molecule has 4 nitrogen and oxygen atoms in total. The second kappa shape index (κ2) is 7.02. The van der Waals surface area contributed by atoms with Crippen LogP contribution < -0.4 is 11.1 Å². The predicted molar refractivity (Wildman–Crippen MR) is 94.3 cm³/mol. The lowest BCUT2D eigenvalue weighted by Gasteiger charge is -2.44. The molecule has 2 unspecified atom stereocenters. The first-order valence-corrected chi connectivity index (χ1v) is 9.00. The van der Waals surface area contributed by atoms with Gasteiger partial charge in [-0.25, -0.2) is 0 Å². The lowest BCUT2D eigenvalue weighted by Crippen LogP contribution is -2.56. The number of benzene rings is 1. The van der Waals surface area contributed by atoms with Gasteiger partial charge in [-0.15, -0.1) is 11.8 Å². The Hall–Kier alpha value is -1.04. The number of likely N-dealkylation sites (tertiary alicyclic amines) is 1. The number of nitrogens with two attached hydrogens (primary N) is 1. The van der Waals surface area contributed by atoms with Gasteiger partial charge in [-0.1, -0.05) is 13.8 Å². The molecule has 0 radical (unpaired) electrons. The van der Waals surface area contributed by atoms with Crippen molar-refractivity contribution in [2.24, 2.45) is 11.1 Å². The topological polar surface area (TPSA) is 58.4 Å². The van der Waals surface area contributed by atoms with Gasteiger partial charge in [0, 0.05) is 29.7 Å². The number of carbonyl (C=O) groups is 1. The normalized spacial score (nSPS) is 23.0. The highest BCUT2D eigenvalue weighted by molar-refractivity contribution is 7.98. The first kappa shape index (κ1) is 17.3. The van der Waals surface area contributed by atoms with E-state index in [1.165, 1.54) is 4.90 Å². The van der Waals surface area contributed by atoms with E-state index in [0.717, 1.165) is 25.2 Å². The average Bonchev–Trinajstić information content (AvgIpc) is 2.50. The standard InChI is InChI=1S/C17H27N3OS/c1-12(20-10-9-15(18)17(2,3)11-20)16(21)19-13-5-7-14(22-4)8-6-13/h5-8,12,15H,9-11,18H2,1-4H3,(H,19,21). The summed E-state index contributed by atoms with van der Waals surface area (Å²) in [6, 6.07) is 8.01. The van der Waals surface area contributed by atoms with Crippen LogP contribution in [0.2, 0.25) is 0 Å². The van der Waals surface area contributed by atoms with Crippen LogP contribution in [0.1, 0.15) is 27.2 Å². The van der Waals surface area contributed by atoms with Crippen molar-refractivity contribution in [2.45, 2.75) is 44.2 Å². The second-order valence-corrected chi connectivity index (χ2v) is 7.63. The van der Waals surface area contributed by atoms with Gasteiger partial charge >= 0.3 is 0 Å². The van der Waals surface area contributed by atoms with E-state index >= 15 is 0 Å². The van der Waals surface area contributed by atoms with Crippen LogP contribution in [0.4, 0.5) is 5.69 Å². The molecule has 1 fully saturated rings. The third-order valence-corrected chi connectivity index (χ3v) is 5.37. The fourth-order valence-corrected chi connectivity index (χ4v) is 3.24. The molecule has 0 spiro atoms. The van der Waals surface area contributed by atoms with Gasteiger partial charge in [0.05, 0.1) is 6.04 Å². The second-order valence-electron chi connectivity index (χ2n) is 6.75. The SMILES string of the molecule is CSc1ccc(NC(=O)C(C)N2CCC(N)C(C)(C)C2)cc1. The van der Waals surface area contributed by atoms with E-state index in [1.807, 2.05) is 37.4 Å². The smallest absolute Gasteiger partial charge is 0.241 e. The number of anilines is 1. The Balaban J connectivity index is 1.96. The van der Waals surface area contributed by atoms with Crippen molar-refractivity contribution >= 4 is 23.4 Å². The maximum Gasteiger partial charge on any atom is 0.241 e. The monoisotopic (exact) mass is 321 g/mol. The van der Waals surface area contributed by atoms with Gasteiger partial charge < -0.3 is 11.1 Å². The molecule has 1 aliphatic rings. The summed E-state index contributed by atoms with van der Waals surface area (Å²) in [7, 11) is 0. The number of nitrogens with one attached hydrogen (secondary N) is 1. The molecule has 0 bridgehead atoms. The fourth-order valence-electron chi connectivity index (χ4n) is 2.83. The van der Waals surface area contributed by atoms with Crippen LogP contribution in [-0.2, 0) is 4.79 Å². The van der Waals surface area contributed by atoms with Crippen LogP contribution >= 0.6 is 11.8 Å². The van der Waals surface area contributed by atoms with E-state index in [-0.39, 0.29) is 23.4 Å². The molecular weight excluding hydrogens is 294 g/mol. The molecule has 22 heavy (non-hydrogen) atoms. The third kappa shape index (κ3) is 4.03. The fraction of sp³-hybridized carbons (Fsp3) is 0.588. The number of hydrogen-bond acceptors (Lipinski definition) is 4. The number of thioether (sulfide) groups is 1. The van der Waals surface area contributed by atoms with E-state index in [0.29, 0.717) is 0 Å². The maximum absolute atomic E-state index is 12.5. The van der Waals surface area contributed by atoms with Crippen molar-refractivity contribution in [2.75, 3.05) is 24.7 Å². The number of carbonyl (C=O) groups excluding carboxylic acids is 1. The number of rotatable bonds is 4. The zero-order valence-corrected chi connectivity index (χ0v) is 14.7. The summed E-state index contributed by atoms with van der Waals surface area (Å²) in [6.45, 7) is 8.06. The van der Waals surface area contributed by atoms with Crippen LogP contribution in [0, 0.1) is 5.41 Å². The van der Waals surface area contributed by atoms with Gasteiger partial charge in [-0.3, -0.25) is 9.69 Å². The molecule has 1 aliphatic heterocycles. The van der Waals surface area contributed by atoms with E-state index in [4.69, 9.17) is 5.73 Å². The predicted octanol–water partition coefficient (Wildman–Crippen LogP) is 2.79. The lowest BCUT2D eigenvalue weighted by molar-refractivity contribution is -0.122. The number of piperidine rings is 1. The Morgan fingerprint density at radius 2 is 2.05 bits per heavy atom. The van der Waals surface area contributed by atoms with Crippen LogP contribution in [0.25, 0.3) is 0 Å². The van der Waals surface area contributed by atoms with Crippen molar-refractivity contribution < 1.29 is 4.79 Å². The Morgan fingerprint density at radius 1 is 1.41 bits per heavy atom. The van der Waals surface area contributed by atoms with Gasteiger partial charge in [-0.2, -0.15) is 0 Å². The van der Waals surface area contributed by atoms with E-state index in [2.05, 4.69) is 24.1 Å². The number of amides is 1. The van der Waals surface area contributed by atoms with Crippen molar-refractivity contribution in [3.8, 4) is 0 Å². The summed E-state index contributed by atoms with van der Waals surface area (Å²) in [5.41, 5.74) is 7.07. The minimum atomic E-state index is -0.146. The minimum Gasteiger partial charge on any atom is -0.327 e. The molecule has 5 heteroatoms. The summed E-state index contributed by atoms with van der Waals surface area (Å²) >= 11 is 1.69. The van der Waals surface area contributed by atoms with Gasteiger partial charge in [0.2, 0.25) is 5.91 Å². The summed E-state index contributed by atoms with van der Waals surface area (Å²) < 4.78 is 0. The van der Waals surface area contributed by atoms with Crippen molar-refractivity contribution in [1.82, 2.24) is 4.90 Å². The Bertz CT molecular complexity index is 515. The van der Waals surface area contributed by atoms with Crippen molar-refractivity contribution in [3.63, 3.8) is 0 Å².